The van der Waals surface area contributed by atoms with Crippen molar-refractivity contribution in [2.24, 2.45) is 0 Å². The van der Waals surface area contributed by atoms with Gasteiger partial charge in [0.15, 0.2) is 0 Å². The highest BCUT2D eigenvalue weighted by Gasteiger charge is 2.11. The minimum absolute atomic E-state index is 0.143. The van der Waals surface area contributed by atoms with Gasteiger partial charge in [-0.15, -0.1) is 11.8 Å². The van der Waals surface area contributed by atoms with Crippen LogP contribution in [0, 0.1) is 0 Å². The maximum Gasteiger partial charge on any atom is 0.261 e. The number of aromatic nitrogens is 4. The Morgan fingerprint density at radius 2 is 2.00 bits per heavy atom. The van der Waals surface area contributed by atoms with Gasteiger partial charge < -0.3 is 4.52 Å². The van der Waals surface area contributed by atoms with Crippen LogP contribution in [0.25, 0.3) is 22.3 Å². The molecule has 0 amide bonds. The third-order valence-corrected chi connectivity index (χ3v) is 4.89. The molecule has 4 rings (SSSR count). The average molecular weight is 385 g/mol. The molecule has 0 bridgehead atoms. The van der Waals surface area contributed by atoms with Gasteiger partial charge in [-0.25, -0.2) is 4.98 Å². The second kappa shape index (κ2) is 6.93. The minimum Gasteiger partial charge on any atom is -0.337 e. The highest BCUT2D eigenvalue weighted by atomic mass is 35.5. The Bertz CT molecular complexity index is 1140. The first-order valence-electron chi connectivity index (χ1n) is 7.76. The standard InChI is InChI=1S/C18H13ClN4O2S/c1-26-13-5-2-11(3-6-13)17-21-16(25-22-17)9-23-10-20-15-7-4-12(19)8-14(15)18(23)24/h2-8,10H,9H2,1H3. The first kappa shape index (κ1) is 16.8. The highest BCUT2D eigenvalue weighted by Crippen LogP contribution is 2.21. The molecular formula is C18H13ClN4O2S. The summed E-state index contributed by atoms with van der Waals surface area (Å²) in [7, 11) is 0. The molecule has 2 aromatic carbocycles. The molecule has 0 aliphatic carbocycles. The molecule has 4 aromatic rings. The number of benzene rings is 2. The van der Waals surface area contributed by atoms with Crippen molar-refractivity contribution in [3.63, 3.8) is 0 Å². The van der Waals surface area contributed by atoms with Gasteiger partial charge in [-0.3, -0.25) is 9.36 Å². The van der Waals surface area contributed by atoms with Crippen LogP contribution in [0.2, 0.25) is 5.02 Å². The fourth-order valence-corrected chi connectivity index (χ4v) is 3.15. The van der Waals surface area contributed by atoms with Crippen molar-refractivity contribution in [3.8, 4) is 11.4 Å². The van der Waals surface area contributed by atoms with Gasteiger partial charge in [0.25, 0.3) is 5.56 Å². The van der Waals surface area contributed by atoms with Crippen molar-refractivity contribution in [2.45, 2.75) is 11.4 Å². The minimum atomic E-state index is -0.207. The summed E-state index contributed by atoms with van der Waals surface area (Å²) < 4.78 is 6.71. The number of rotatable bonds is 4. The lowest BCUT2D eigenvalue weighted by atomic mass is 10.2. The molecule has 0 saturated carbocycles. The van der Waals surface area contributed by atoms with Crippen LogP contribution in [0.4, 0.5) is 0 Å². The van der Waals surface area contributed by atoms with Gasteiger partial charge in [0.05, 0.1) is 17.2 Å². The van der Waals surface area contributed by atoms with E-state index in [2.05, 4.69) is 15.1 Å². The first-order valence-corrected chi connectivity index (χ1v) is 9.36. The van der Waals surface area contributed by atoms with E-state index in [1.807, 2.05) is 30.5 Å². The maximum absolute atomic E-state index is 12.6. The normalized spacial score (nSPS) is 11.2. The van der Waals surface area contributed by atoms with Crippen molar-refractivity contribution >= 4 is 34.3 Å². The third-order valence-electron chi connectivity index (χ3n) is 3.91. The summed E-state index contributed by atoms with van der Waals surface area (Å²) >= 11 is 7.64. The SMILES string of the molecule is CSc1ccc(-c2noc(Cn3cnc4ccc(Cl)cc4c3=O)n2)cc1. The van der Waals surface area contributed by atoms with E-state index >= 15 is 0 Å². The maximum atomic E-state index is 12.6. The molecule has 8 heteroatoms. The Balaban J connectivity index is 1.64. The fraction of sp³-hybridized carbons (Fsp3) is 0.111. The van der Waals surface area contributed by atoms with Crippen LogP contribution >= 0.6 is 23.4 Å². The molecular weight excluding hydrogens is 372 g/mol. The Kier molecular flexibility index (Phi) is 4.48. The predicted octanol–water partition coefficient (Wildman–Crippen LogP) is 3.87. The molecule has 26 heavy (non-hydrogen) atoms. The van der Waals surface area contributed by atoms with Crippen LogP contribution in [0.3, 0.4) is 0 Å². The average Bonchev–Trinajstić information content (AvgIpc) is 3.13. The van der Waals surface area contributed by atoms with E-state index in [1.165, 1.54) is 10.9 Å². The van der Waals surface area contributed by atoms with E-state index in [0.29, 0.717) is 27.6 Å². The van der Waals surface area contributed by atoms with Crippen molar-refractivity contribution < 1.29 is 4.52 Å². The van der Waals surface area contributed by atoms with Gasteiger partial charge in [-0.1, -0.05) is 16.8 Å². The lowest BCUT2D eigenvalue weighted by Gasteiger charge is -2.03. The smallest absolute Gasteiger partial charge is 0.261 e. The van der Waals surface area contributed by atoms with Crippen LogP contribution in [0.15, 0.2) is 63.0 Å². The van der Waals surface area contributed by atoms with Crippen LogP contribution in [0.1, 0.15) is 5.89 Å². The summed E-state index contributed by atoms with van der Waals surface area (Å²) in [5.41, 5.74) is 1.24. The number of hydrogen-bond acceptors (Lipinski definition) is 6. The lowest BCUT2D eigenvalue weighted by molar-refractivity contribution is 0.369. The second-order valence-corrected chi connectivity index (χ2v) is 6.90. The summed E-state index contributed by atoms with van der Waals surface area (Å²) in [5, 5.41) is 4.93. The molecule has 0 aliphatic heterocycles. The van der Waals surface area contributed by atoms with Gasteiger partial charge in [0.1, 0.15) is 6.54 Å². The van der Waals surface area contributed by atoms with Gasteiger partial charge in [-0.05, 0) is 48.7 Å². The largest absolute Gasteiger partial charge is 0.337 e. The van der Waals surface area contributed by atoms with Gasteiger partial charge in [0.2, 0.25) is 11.7 Å². The molecule has 0 atom stereocenters. The van der Waals surface area contributed by atoms with Gasteiger partial charge in [-0.2, -0.15) is 4.98 Å². The third kappa shape index (κ3) is 3.23. The van der Waals surface area contributed by atoms with E-state index in [1.54, 1.807) is 30.0 Å². The molecule has 0 N–H and O–H groups in total. The molecule has 2 heterocycles. The molecule has 0 radical (unpaired) electrons. The summed E-state index contributed by atoms with van der Waals surface area (Å²) in [6.07, 6.45) is 3.49. The summed E-state index contributed by atoms with van der Waals surface area (Å²) in [6.45, 7) is 0.143. The summed E-state index contributed by atoms with van der Waals surface area (Å²) in [5.74, 6) is 0.816. The van der Waals surface area contributed by atoms with Crippen LogP contribution < -0.4 is 5.56 Å². The molecule has 2 aromatic heterocycles. The second-order valence-electron chi connectivity index (χ2n) is 5.58. The van der Waals surface area contributed by atoms with Crippen molar-refractivity contribution in [2.75, 3.05) is 6.26 Å². The summed E-state index contributed by atoms with van der Waals surface area (Å²) in [6, 6.07) is 12.9. The molecule has 6 nitrogen and oxygen atoms in total. The number of thioether (sulfide) groups is 1. The highest BCUT2D eigenvalue weighted by molar-refractivity contribution is 7.98. The Morgan fingerprint density at radius 3 is 2.77 bits per heavy atom. The van der Waals surface area contributed by atoms with Gasteiger partial charge >= 0.3 is 0 Å². The number of fused-ring (bicyclic) bond motifs is 1. The van der Waals surface area contributed by atoms with Crippen molar-refractivity contribution in [1.29, 1.82) is 0 Å². The number of nitrogens with zero attached hydrogens (tertiary/aromatic N) is 4. The molecule has 0 spiro atoms. The zero-order chi connectivity index (χ0) is 18.1. The quantitative estimate of drug-likeness (QED) is 0.497. The zero-order valence-electron chi connectivity index (χ0n) is 13.7. The molecule has 130 valence electrons. The summed E-state index contributed by atoms with van der Waals surface area (Å²) in [4.78, 5) is 22.4. The van der Waals surface area contributed by atoms with Crippen molar-refractivity contribution in [1.82, 2.24) is 19.7 Å². The van der Waals surface area contributed by atoms with E-state index in [9.17, 15) is 4.79 Å². The molecule has 0 unspecified atom stereocenters. The van der Waals surface area contributed by atoms with Gasteiger partial charge in [0, 0.05) is 15.5 Å². The predicted molar refractivity (Wildman–Crippen MR) is 102 cm³/mol. The number of hydrogen-bond donors (Lipinski definition) is 0. The Hall–Kier alpha value is -2.64. The van der Waals surface area contributed by atoms with E-state index in [0.717, 1.165) is 10.5 Å². The Labute approximate surface area is 157 Å². The van der Waals surface area contributed by atoms with Crippen LogP contribution in [0.5, 0.6) is 0 Å². The Morgan fingerprint density at radius 1 is 1.19 bits per heavy atom. The van der Waals surface area contributed by atoms with Crippen LogP contribution in [-0.4, -0.2) is 25.9 Å². The molecule has 0 aliphatic rings. The lowest BCUT2D eigenvalue weighted by Crippen LogP contribution is -2.21. The van der Waals surface area contributed by atoms with Crippen molar-refractivity contribution in [3.05, 3.63) is 70.1 Å². The van der Waals surface area contributed by atoms with E-state index < -0.39 is 0 Å². The topological polar surface area (TPSA) is 73.8 Å². The van der Waals surface area contributed by atoms with E-state index in [-0.39, 0.29) is 12.1 Å². The van der Waals surface area contributed by atoms with Crippen LogP contribution in [-0.2, 0) is 6.54 Å². The first-order chi connectivity index (χ1) is 12.6. The fourth-order valence-electron chi connectivity index (χ4n) is 2.57. The zero-order valence-corrected chi connectivity index (χ0v) is 15.3. The molecule has 0 saturated heterocycles. The molecule has 0 fully saturated rings. The number of halogens is 1. The van der Waals surface area contributed by atoms with E-state index in [4.69, 9.17) is 16.1 Å². The monoisotopic (exact) mass is 384 g/mol.